The molecule has 1 aromatic heterocycles. The standard InChI is InChI=1S/C10H14N4O2S/c1-4-16-8(15)7-5-12-9(13-6(7)2)14-10(17)11-3/h5H,4H2,1-3H3,(H2,11,12,13,14,17). The first-order chi connectivity index (χ1) is 8.08. The zero-order valence-electron chi connectivity index (χ0n) is 9.90. The summed E-state index contributed by atoms with van der Waals surface area (Å²) in [6.45, 7) is 3.78. The number of nitrogens with one attached hydrogen (secondary N) is 2. The number of thiocarbonyl (C=S) groups is 1. The largest absolute Gasteiger partial charge is 0.462 e. The van der Waals surface area contributed by atoms with Crippen LogP contribution in [0.2, 0.25) is 0 Å². The van der Waals surface area contributed by atoms with Gasteiger partial charge in [-0.25, -0.2) is 14.8 Å². The average molecular weight is 254 g/mol. The number of aromatic nitrogens is 2. The van der Waals surface area contributed by atoms with Gasteiger partial charge in [0.2, 0.25) is 5.95 Å². The van der Waals surface area contributed by atoms with Crippen LogP contribution in [0.3, 0.4) is 0 Å². The van der Waals surface area contributed by atoms with Gasteiger partial charge in [0.05, 0.1) is 17.9 Å². The smallest absolute Gasteiger partial charge is 0.341 e. The molecular formula is C10H14N4O2S. The molecule has 0 aliphatic carbocycles. The van der Waals surface area contributed by atoms with E-state index in [1.54, 1.807) is 20.9 Å². The highest BCUT2D eigenvalue weighted by Gasteiger charge is 2.12. The second-order valence-corrected chi connectivity index (χ2v) is 3.53. The van der Waals surface area contributed by atoms with Gasteiger partial charge in [0.25, 0.3) is 0 Å². The number of carbonyl (C=O) groups excluding carboxylic acids is 1. The second kappa shape index (κ2) is 6.09. The molecule has 1 heterocycles. The van der Waals surface area contributed by atoms with Crippen molar-refractivity contribution >= 4 is 29.2 Å². The number of esters is 1. The Hall–Kier alpha value is -1.76. The Labute approximate surface area is 105 Å². The highest BCUT2D eigenvalue weighted by molar-refractivity contribution is 7.80. The minimum atomic E-state index is -0.423. The predicted octanol–water partition coefficient (Wildman–Crippen LogP) is 0.878. The Morgan fingerprint density at radius 1 is 1.59 bits per heavy atom. The van der Waals surface area contributed by atoms with E-state index in [-0.39, 0.29) is 0 Å². The zero-order valence-corrected chi connectivity index (χ0v) is 10.7. The maximum atomic E-state index is 11.5. The van der Waals surface area contributed by atoms with Crippen LogP contribution in [0, 0.1) is 6.92 Å². The number of anilines is 1. The van der Waals surface area contributed by atoms with Gasteiger partial charge in [-0.3, -0.25) is 0 Å². The van der Waals surface area contributed by atoms with E-state index < -0.39 is 5.97 Å². The minimum absolute atomic E-state index is 0.322. The third kappa shape index (κ3) is 3.63. The fourth-order valence-electron chi connectivity index (χ4n) is 1.10. The number of rotatable bonds is 3. The van der Waals surface area contributed by atoms with Gasteiger partial charge in [0.15, 0.2) is 5.11 Å². The summed E-state index contributed by atoms with van der Waals surface area (Å²) in [5.74, 6) is -0.0809. The van der Waals surface area contributed by atoms with Crippen LogP contribution in [0.5, 0.6) is 0 Å². The van der Waals surface area contributed by atoms with Crippen molar-refractivity contribution in [2.75, 3.05) is 19.0 Å². The van der Waals surface area contributed by atoms with Crippen molar-refractivity contribution in [1.29, 1.82) is 0 Å². The molecule has 0 aromatic carbocycles. The maximum Gasteiger partial charge on any atom is 0.341 e. The third-order valence-electron chi connectivity index (χ3n) is 1.93. The summed E-state index contributed by atoms with van der Waals surface area (Å²) in [5, 5.41) is 5.93. The second-order valence-electron chi connectivity index (χ2n) is 3.12. The summed E-state index contributed by atoms with van der Waals surface area (Å²) in [5.41, 5.74) is 0.896. The number of nitrogens with zero attached hydrogens (tertiary/aromatic N) is 2. The van der Waals surface area contributed by atoms with Crippen molar-refractivity contribution in [1.82, 2.24) is 15.3 Å². The highest BCUT2D eigenvalue weighted by atomic mass is 32.1. The molecule has 0 saturated heterocycles. The van der Waals surface area contributed by atoms with Crippen molar-refractivity contribution in [3.8, 4) is 0 Å². The maximum absolute atomic E-state index is 11.5. The molecule has 1 aromatic rings. The van der Waals surface area contributed by atoms with Crippen LogP contribution in [0.25, 0.3) is 0 Å². The Morgan fingerprint density at radius 2 is 2.29 bits per heavy atom. The Balaban J connectivity index is 2.86. The molecule has 2 N–H and O–H groups in total. The molecule has 0 unspecified atom stereocenters. The summed E-state index contributed by atoms with van der Waals surface area (Å²) in [6.07, 6.45) is 1.42. The van der Waals surface area contributed by atoms with Gasteiger partial charge in [-0.1, -0.05) is 0 Å². The van der Waals surface area contributed by atoms with Crippen LogP contribution in [0.1, 0.15) is 23.0 Å². The number of hydrogen-bond donors (Lipinski definition) is 2. The van der Waals surface area contributed by atoms with Crippen molar-refractivity contribution < 1.29 is 9.53 Å². The van der Waals surface area contributed by atoms with Crippen molar-refractivity contribution in [3.63, 3.8) is 0 Å². The molecular weight excluding hydrogens is 240 g/mol. The Bertz CT molecular complexity index is 436. The number of ether oxygens (including phenoxy) is 1. The first kappa shape index (κ1) is 13.3. The topological polar surface area (TPSA) is 76.1 Å². The lowest BCUT2D eigenvalue weighted by molar-refractivity contribution is 0.0524. The molecule has 0 atom stereocenters. The average Bonchev–Trinajstić information content (AvgIpc) is 2.29. The molecule has 0 amide bonds. The lowest BCUT2D eigenvalue weighted by atomic mass is 10.2. The molecule has 7 heteroatoms. The molecule has 0 spiro atoms. The Morgan fingerprint density at radius 3 is 2.82 bits per heavy atom. The molecule has 0 bridgehead atoms. The quantitative estimate of drug-likeness (QED) is 0.612. The van der Waals surface area contributed by atoms with Crippen molar-refractivity contribution in [2.24, 2.45) is 0 Å². The van der Waals surface area contributed by atoms with Gasteiger partial charge in [-0.2, -0.15) is 0 Å². The Kier molecular flexibility index (Phi) is 4.77. The van der Waals surface area contributed by atoms with Crippen molar-refractivity contribution in [3.05, 3.63) is 17.5 Å². The predicted molar refractivity (Wildman–Crippen MR) is 68.0 cm³/mol. The van der Waals surface area contributed by atoms with Gasteiger partial charge < -0.3 is 15.4 Å². The molecule has 0 radical (unpaired) electrons. The van der Waals surface area contributed by atoms with Gasteiger partial charge in [0, 0.05) is 13.2 Å². The van der Waals surface area contributed by atoms with E-state index in [4.69, 9.17) is 17.0 Å². The van der Waals surface area contributed by atoms with Gasteiger partial charge in [-0.05, 0) is 26.1 Å². The fraction of sp³-hybridized carbons (Fsp3) is 0.400. The van der Waals surface area contributed by atoms with E-state index in [2.05, 4.69) is 20.6 Å². The molecule has 92 valence electrons. The SMILES string of the molecule is CCOC(=O)c1cnc(NC(=S)NC)nc1C. The molecule has 17 heavy (non-hydrogen) atoms. The van der Waals surface area contributed by atoms with Gasteiger partial charge in [-0.15, -0.1) is 0 Å². The molecule has 1 rings (SSSR count). The van der Waals surface area contributed by atoms with Crippen LogP contribution in [-0.2, 0) is 4.74 Å². The number of aryl methyl sites for hydroxylation is 1. The minimum Gasteiger partial charge on any atom is -0.462 e. The third-order valence-corrected chi connectivity index (χ3v) is 2.23. The van der Waals surface area contributed by atoms with Gasteiger partial charge >= 0.3 is 5.97 Å². The summed E-state index contributed by atoms with van der Waals surface area (Å²) in [7, 11) is 1.69. The molecule has 0 saturated carbocycles. The monoisotopic (exact) mass is 254 g/mol. The summed E-state index contributed by atoms with van der Waals surface area (Å²) in [4.78, 5) is 19.6. The highest BCUT2D eigenvalue weighted by Crippen LogP contribution is 2.08. The van der Waals surface area contributed by atoms with Gasteiger partial charge in [0.1, 0.15) is 0 Å². The number of carbonyl (C=O) groups is 1. The first-order valence-electron chi connectivity index (χ1n) is 5.08. The fourth-order valence-corrected chi connectivity index (χ4v) is 1.19. The summed E-state index contributed by atoms with van der Waals surface area (Å²) in [6, 6.07) is 0. The lowest BCUT2D eigenvalue weighted by Crippen LogP contribution is -2.25. The van der Waals surface area contributed by atoms with Crippen LogP contribution < -0.4 is 10.6 Å². The molecule has 6 nitrogen and oxygen atoms in total. The van der Waals surface area contributed by atoms with E-state index in [0.29, 0.717) is 28.9 Å². The molecule has 0 aliphatic rings. The summed E-state index contributed by atoms with van der Waals surface area (Å²) < 4.78 is 4.87. The lowest BCUT2D eigenvalue weighted by Gasteiger charge is -2.08. The van der Waals surface area contributed by atoms with E-state index in [1.807, 2.05) is 0 Å². The number of hydrogen-bond acceptors (Lipinski definition) is 5. The van der Waals surface area contributed by atoms with Crippen molar-refractivity contribution in [2.45, 2.75) is 13.8 Å². The van der Waals surface area contributed by atoms with Crippen LogP contribution in [0.4, 0.5) is 5.95 Å². The van der Waals surface area contributed by atoms with Crippen LogP contribution in [-0.4, -0.2) is 34.7 Å². The van der Waals surface area contributed by atoms with E-state index in [0.717, 1.165) is 0 Å². The van der Waals surface area contributed by atoms with E-state index in [9.17, 15) is 4.79 Å². The van der Waals surface area contributed by atoms with E-state index >= 15 is 0 Å². The molecule has 0 aliphatic heterocycles. The van der Waals surface area contributed by atoms with Crippen LogP contribution >= 0.6 is 12.2 Å². The normalized spacial score (nSPS) is 9.59. The van der Waals surface area contributed by atoms with E-state index in [1.165, 1.54) is 6.20 Å². The zero-order chi connectivity index (χ0) is 12.8. The van der Waals surface area contributed by atoms with Crippen LogP contribution in [0.15, 0.2) is 6.20 Å². The molecule has 0 fully saturated rings. The summed E-state index contributed by atoms with van der Waals surface area (Å²) >= 11 is 4.91. The first-order valence-corrected chi connectivity index (χ1v) is 5.48.